The second-order valence-corrected chi connectivity index (χ2v) is 6.88. The van der Waals surface area contributed by atoms with Crippen LogP contribution in [0.2, 0.25) is 0 Å². The first kappa shape index (κ1) is 20.1. The smallest absolute Gasteiger partial charge is 0.329 e. The molecule has 0 bridgehead atoms. The number of hydrazone groups is 1. The number of fused-ring (bicyclic) bond motifs is 1. The van der Waals surface area contributed by atoms with Gasteiger partial charge in [-0.1, -0.05) is 30.3 Å². The summed E-state index contributed by atoms with van der Waals surface area (Å²) in [5, 5.41) is 4.22. The van der Waals surface area contributed by atoms with Gasteiger partial charge in [0.15, 0.2) is 11.2 Å². The quantitative estimate of drug-likeness (QED) is 0.354. The normalized spacial score (nSPS) is 11.3. The van der Waals surface area contributed by atoms with Crippen molar-refractivity contribution in [3.8, 4) is 5.75 Å². The zero-order valence-corrected chi connectivity index (χ0v) is 17.2. The fourth-order valence-electron chi connectivity index (χ4n) is 3.18. The van der Waals surface area contributed by atoms with Crippen LogP contribution in [0.5, 0.6) is 5.75 Å². The number of hydrogen-bond donors (Lipinski definition) is 2. The number of aromatic nitrogens is 4. The van der Waals surface area contributed by atoms with Crippen LogP contribution >= 0.6 is 0 Å². The first-order chi connectivity index (χ1) is 15.1. The van der Waals surface area contributed by atoms with Gasteiger partial charge in [-0.3, -0.25) is 14.3 Å². The zero-order chi connectivity index (χ0) is 21.8. The Morgan fingerprint density at radius 3 is 2.58 bits per heavy atom. The van der Waals surface area contributed by atoms with E-state index in [9.17, 15) is 9.59 Å². The molecule has 2 aromatic carbocycles. The minimum absolute atomic E-state index is 0.299. The van der Waals surface area contributed by atoms with Crippen molar-refractivity contribution in [2.24, 2.45) is 12.1 Å². The maximum Gasteiger partial charge on any atom is 0.329 e. The summed E-state index contributed by atoms with van der Waals surface area (Å²) in [5.41, 5.74) is 4.46. The van der Waals surface area contributed by atoms with Crippen LogP contribution in [0.1, 0.15) is 18.1 Å². The number of anilines is 1. The van der Waals surface area contributed by atoms with Crippen LogP contribution in [0.4, 0.5) is 5.95 Å². The highest BCUT2D eigenvalue weighted by molar-refractivity contribution is 5.80. The molecule has 0 amide bonds. The Kier molecular flexibility index (Phi) is 5.65. The van der Waals surface area contributed by atoms with Crippen molar-refractivity contribution < 1.29 is 4.74 Å². The molecule has 0 saturated carbocycles. The van der Waals surface area contributed by atoms with Gasteiger partial charge in [0.25, 0.3) is 5.56 Å². The van der Waals surface area contributed by atoms with Gasteiger partial charge in [0, 0.05) is 13.6 Å². The summed E-state index contributed by atoms with van der Waals surface area (Å²) in [6.07, 6.45) is 1.64. The third kappa shape index (κ3) is 4.25. The Morgan fingerprint density at radius 2 is 1.87 bits per heavy atom. The summed E-state index contributed by atoms with van der Waals surface area (Å²) < 4.78 is 8.75. The molecule has 4 aromatic rings. The molecule has 0 spiro atoms. The van der Waals surface area contributed by atoms with E-state index < -0.39 is 11.2 Å². The molecule has 0 aliphatic carbocycles. The SMILES string of the molecule is CCn1c(N/N=C/c2ccc(OCc3ccccc3)cc2)nc2c1c(=O)[nH]c(=O)n2C. The van der Waals surface area contributed by atoms with Crippen LogP contribution in [0.15, 0.2) is 69.3 Å². The lowest BCUT2D eigenvalue weighted by Crippen LogP contribution is -2.29. The van der Waals surface area contributed by atoms with E-state index in [1.807, 2.05) is 61.5 Å². The average molecular weight is 418 g/mol. The molecule has 9 nitrogen and oxygen atoms in total. The summed E-state index contributed by atoms with van der Waals surface area (Å²) >= 11 is 0. The fraction of sp³-hybridized carbons (Fsp3) is 0.182. The summed E-state index contributed by atoms with van der Waals surface area (Å²) in [4.78, 5) is 30.7. The molecule has 2 N–H and O–H groups in total. The first-order valence-corrected chi connectivity index (χ1v) is 9.82. The minimum Gasteiger partial charge on any atom is -0.489 e. The van der Waals surface area contributed by atoms with E-state index in [0.29, 0.717) is 30.3 Å². The number of hydrogen-bond acceptors (Lipinski definition) is 6. The van der Waals surface area contributed by atoms with Gasteiger partial charge >= 0.3 is 5.69 Å². The molecule has 0 radical (unpaired) electrons. The molecule has 0 unspecified atom stereocenters. The Morgan fingerprint density at radius 1 is 1.13 bits per heavy atom. The van der Waals surface area contributed by atoms with Crippen LogP contribution < -0.4 is 21.4 Å². The number of aromatic amines is 1. The van der Waals surface area contributed by atoms with E-state index in [-0.39, 0.29) is 0 Å². The van der Waals surface area contributed by atoms with Crippen molar-refractivity contribution in [3.05, 3.63) is 86.6 Å². The molecule has 158 valence electrons. The van der Waals surface area contributed by atoms with E-state index in [2.05, 4.69) is 20.5 Å². The van der Waals surface area contributed by atoms with Crippen molar-refractivity contribution in [1.82, 2.24) is 19.1 Å². The second-order valence-electron chi connectivity index (χ2n) is 6.88. The minimum atomic E-state index is -0.511. The van der Waals surface area contributed by atoms with Crippen molar-refractivity contribution in [1.29, 1.82) is 0 Å². The molecule has 0 aliphatic rings. The first-order valence-electron chi connectivity index (χ1n) is 9.82. The standard InChI is InChI=1S/C22H22N6O3/c1-3-28-18-19(27(2)22(30)25-20(18)29)24-21(28)26-23-13-15-9-11-17(12-10-15)31-14-16-7-5-4-6-8-16/h4-13H,3,14H2,1-2H3,(H,24,26)(H,25,29,30)/b23-13+. The van der Waals surface area contributed by atoms with Crippen LogP contribution in [0.25, 0.3) is 11.2 Å². The van der Waals surface area contributed by atoms with Gasteiger partial charge in [-0.05, 0) is 42.3 Å². The number of H-pyrrole nitrogens is 1. The van der Waals surface area contributed by atoms with E-state index in [1.165, 1.54) is 4.57 Å². The van der Waals surface area contributed by atoms with Crippen molar-refractivity contribution >= 4 is 23.3 Å². The lowest BCUT2D eigenvalue weighted by molar-refractivity contribution is 0.306. The molecular weight excluding hydrogens is 396 g/mol. The zero-order valence-electron chi connectivity index (χ0n) is 17.2. The highest BCUT2D eigenvalue weighted by Gasteiger charge is 2.15. The maximum atomic E-state index is 12.2. The van der Waals surface area contributed by atoms with Gasteiger partial charge in [0.1, 0.15) is 12.4 Å². The molecule has 2 aromatic heterocycles. The predicted molar refractivity (Wildman–Crippen MR) is 120 cm³/mol. The lowest BCUT2D eigenvalue weighted by Gasteiger charge is -2.06. The van der Waals surface area contributed by atoms with E-state index >= 15 is 0 Å². The number of imidazole rings is 1. The molecule has 0 fully saturated rings. The van der Waals surface area contributed by atoms with Crippen LogP contribution in [0, 0.1) is 0 Å². The molecule has 2 heterocycles. The molecule has 0 aliphatic heterocycles. The Bertz CT molecular complexity index is 1330. The summed E-state index contributed by atoms with van der Waals surface area (Å²) in [6.45, 7) is 2.88. The van der Waals surface area contributed by atoms with Gasteiger partial charge in [-0.25, -0.2) is 10.2 Å². The van der Waals surface area contributed by atoms with E-state index in [1.54, 1.807) is 17.8 Å². The van der Waals surface area contributed by atoms with Gasteiger partial charge in [0.05, 0.1) is 6.21 Å². The number of ether oxygens (including phenoxy) is 1. The van der Waals surface area contributed by atoms with E-state index in [4.69, 9.17) is 4.74 Å². The Labute approximate surface area is 177 Å². The highest BCUT2D eigenvalue weighted by atomic mass is 16.5. The molecule has 4 rings (SSSR count). The molecule has 0 atom stereocenters. The highest BCUT2D eigenvalue weighted by Crippen LogP contribution is 2.16. The number of nitrogens with one attached hydrogen (secondary N) is 2. The fourth-order valence-corrected chi connectivity index (χ4v) is 3.18. The molecule has 9 heteroatoms. The van der Waals surface area contributed by atoms with Crippen molar-refractivity contribution in [3.63, 3.8) is 0 Å². The van der Waals surface area contributed by atoms with Crippen molar-refractivity contribution in [2.75, 3.05) is 5.43 Å². The number of benzene rings is 2. The number of aryl methyl sites for hydroxylation is 2. The second kappa shape index (κ2) is 8.70. The number of rotatable bonds is 7. The predicted octanol–water partition coefficient (Wildman–Crippen LogP) is 2.47. The third-order valence-electron chi connectivity index (χ3n) is 4.83. The van der Waals surface area contributed by atoms with Gasteiger partial charge in [-0.2, -0.15) is 10.1 Å². The van der Waals surface area contributed by atoms with Gasteiger partial charge in [0.2, 0.25) is 5.95 Å². The monoisotopic (exact) mass is 418 g/mol. The Hall–Kier alpha value is -4.14. The van der Waals surface area contributed by atoms with Crippen LogP contribution in [0.3, 0.4) is 0 Å². The summed E-state index contributed by atoms with van der Waals surface area (Å²) in [6, 6.07) is 17.5. The Balaban J connectivity index is 1.47. The van der Waals surface area contributed by atoms with Gasteiger partial charge in [-0.15, -0.1) is 0 Å². The van der Waals surface area contributed by atoms with E-state index in [0.717, 1.165) is 16.9 Å². The average Bonchev–Trinajstić information content (AvgIpc) is 3.17. The van der Waals surface area contributed by atoms with Crippen LogP contribution in [-0.2, 0) is 20.2 Å². The molecule has 31 heavy (non-hydrogen) atoms. The number of nitrogens with zero attached hydrogens (tertiary/aromatic N) is 4. The lowest BCUT2D eigenvalue weighted by atomic mass is 10.2. The summed E-state index contributed by atoms with van der Waals surface area (Å²) in [7, 11) is 1.56. The maximum absolute atomic E-state index is 12.2. The third-order valence-corrected chi connectivity index (χ3v) is 4.83. The topological polar surface area (TPSA) is 106 Å². The van der Waals surface area contributed by atoms with Crippen molar-refractivity contribution in [2.45, 2.75) is 20.1 Å². The molecular formula is C22H22N6O3. The van der Waals surface area contributed by atoms with Crippen LogP contribution in [-0.4, -0.2) is 25.3 Å². The van der Waals surface area contributed by atoms with Gasteiger partial charge < -0.3 is 9.30 Å². The largest absolute Gasteiger partial charge is 0.489 e. The summed E-state index contributed by atoms with van der Waals surface area (Å²) in [5.74, 6) is 1.14. The molecule has 0 saturated heterocycles.